The molecule has 0 atom stereocenters. The SMILES string of the molecule is O=S(=O)(O)c1cc(-c2nc3ccccc3[nH]2)cc(S(=O)(=O)O)c1-c1c(S(=O)(=O)O)cc(-c2nc3ccccc3[nH]2)cc1S(=O)(=O)O.[Na+].[Na+]. The van der Waals surface area contributed by atoms with Crippen LogP contribution in [-0.4, -0.2) is 71.8 Å². The van der Waals surface area contributed by atoms with Crippen LogP contribution in [0.2, 0.25) is 0 Å². The third-order valence-electron chi connectivity index (χ3n) is 6.82. The zero-order valence-electron chi connectivity index (χ0n) is 24.5. The topological polar surface area (TPSA) is 275 Å². The molecule has 6 aromatic rings. The number of nitrogens with one attached hydrogen (secondary N) is 2. The van der Waals surface area contributed by atoms with Gasteiger partial charge in [-0.2, -0.15) is 33.7 Å². The number of H-pyrrole nitrogens is 2. The minimum absolute atomic E-state index is 0. The van der Waals surface area contributed by atoms with Gasteiger partial charge >= 0.3 is 59.1 Å². The van der Waals surface area contributed by atoms with Crippen molar-refractivity contribution in [3.8, 4) is 33.9 Å². The second-order valence-electron chi connectivity index (χ2n) is 9.80. The first-order valence-corrected chi connectivity index (χ1v) is 18.2. The monoisotopic (exact) mass is 752 g/mol. The number of aromatic nitrogens is 4. The Kier molecular flexibility index (Phi) is 10.6. The summed E-state index contributed by atoms with van der Waals surface area (Å²) in [5.74, 6) is -0.347. The Bertz CT molecular complexity index is 2350. The molecule has 0 saturated carbocycles. The molecule has 6 rings (SSSR count). The molecule has 0 amide bonds. The molecule has 16 nitrogen and oxygen atoms in total. The minimum atomic E-state index is -5.62. The van der Waals surface area contributed by atoms with E-state index < -0.39 is 71.2 Å². The molecule has 238 valence electrons. The van der Waals surface area contributed by atoms with Gasteiger partial charge in [0.25, 0.3) is 40.5 Å². The van der Waals surface area contributed by atoms with Crippen LogP contribution in [0.1, 0.15) is 0 Å². The van der Waals surface area contributed by atoms with Gasteiger partial charge in [-0.25, -0.2) is 9.97 Å². The maximum absolute atomic E-state index is 12.8. The molecule has 48 heavy (non-hydrogen) atoms. The number of fused-ring (bicyclic) bond motifs is 2. The van der Waals surface area contributed by atoms with Gasteiger partial charge in [0.1, 0.15) is 31.2 Å². The third-order valence-corrected chi connectivity index (χ3v) is 10.3. The van der Waals surface area contributed by atoms with E-state index in [0.29, 0.717) is 46.3 Å². The zero-order chi connectivity index (χ0) is 33.4. The zero-order valence-corrected chi connectivity index (χ0v) is 31.8. The van der Waals surface area contributed by atoms with E-state index in [9.17, 15) is 51.9 Å². The van der Waals surface area contributed by atoms with E-state index in [1.807, 2.05) is 0 Å². The summed E-state index contributed by atoms with van der Waals surface area (Å²) < 4.78 is 143. The molecule has 0 spiro atoms. The standard InChI is InChI=1S/C26H18N4O12S4.2Na/c31-43(32,33)19-9-13(25-27-15-5-1-2-6-16(15)28-25)10-20(44(34,35)36)23(19)24-21(45(37,38)39)11-14(12-22(24)46(40,41)42)26-29-17-7-3-4-8-18(17)30-26;;/h1-12H,(H,27,28)(H,29,30)(H,31,32,33)(H,34,35,36)(H,37,38,39)(H,40,41,42);;/q;2*+1. The molecule has 22 heteroatoms. The van der Waals surface area contributed by atoms with Gasteiger partial charge in [-0.1, -0.05) is 24.3 Å². The predicted octanol–water partition coefficient (Wildman–Crippen LogP) is -2.56. The summed E-state index contributed by atoms with van der Waals surface area (Å²) in [6, 6.07) is 15.3. The average molecular weight is 753 g/mol. The minimum Gasteiger partial charge on any atom is -0.338 e. The molecule has 0 radical (unpaired) electrons. The molecular weight excluding hydrogens is 735 g/mol. The van der Waals surface area contributed by atoms with E-state index in [2.05, 4.69) is 19.9 Å². The number of para-hydroxylation sites is 4. The van der Waals surface area contributed by atoms with Crippen molar-refractivity contribution in [2.75, 3.05) is 0 Å². The first kappa shape index (κ1) is 38.3. The Morgan fingerprint density at radius 3 is 0.979 bits per heavy atom. The van der Waals surface area contributed by atoms with Crippen LogP contribution in [0, 0.1) is 0 Å². The molecule has 0 fully saturated rings. The van der Waals surface area contributed by atoms with Gasteiger partial charge in [-0.05, 0) is 48.5 Å². The third kappa shape index (κ3) is 7.32. The van der Waals surface area contributed by atoms with Crippen LogP contribution >= 0.6 is 0 Å². The largest absolute Gasteiger partial charge is 1.00 e. The van der Waals surface area contributed by atoms with Crippen molar-refractivity contribution in [2.24, 2.45) is 0 Å². The van der Waals surface area contributed by atoms with Crippen molar-refractivity contribution in [3.63, 3.8) is 0 Å². The van der Waals surface area contributed by atoms with Gasteiger partial charge in [0.15, 0.2) is 0 Å². The smallest absolute Gasteiger partial charge is 0.338 e. The molecule has 2 heterocycles. The van der Waals surface area contributed by atoms with Gasteiger partial charge in [-0.3, -0.25) is 18.2 Å². The first-order chi connectivity index (χ1) is 21.3. The Morgan fingerprint density at radius 1 is 0.458 bits per heavy atom. The van der Waals surface area contributed by atoms with Crippen LogP contribution in [0.15, 0.2) is 92.4 Å². The summed E-state index contributed by atoms with van der Waals surface area (Å²) >= 11 is 0. The summed E-state index contributed by atoms with van der Waals surface area (Å²) in [5, 5.41) is 0. The second kappa shape index (κ2) is 13.3. The first-order valence-electron chi connectivity index (χ1n) is 12.5. The maximum Gasteiger partial charge on any atom is 1.00 e. The van der Waals surface area contributed by atoms with E-state index in [1.54, 1.807) is 48.5 Å². The van der Waals surface area contributed by atoms with Crippen LogP contribution < -0.4 is 59.1 Å². The van der Waals surface area contributed by atoms with Crippen LogP contribution in [0.3, 0.4) is 0 Å². The summed E-state index contributed by atoms with van der Waals surface area (Å²) in [4.78, 5) is 8.31. The van der Waals surface area contributed by atoms with Gasteiger partial charge in [0.2, 0.25) is 0 Å². The van der Waals surface area contributed by atoms with Crippen molar-refractivity contribution >= 4 is 62.5 Å². The molecule has 0 bridgehead atoms. The van der Waals surface area contributed by atoms with E-state index in [1.165, 1.54) is 0 Å². The van der Waals surface area contributed by atoms with Crippen LogP contribution in [0.5, 0.6) is 0 Å². The number of aromatic amines is 2. The van der Waals surface area contributed by atoms with Crippen molar-refractivity contribution in [1.29, 1.82) is 0 Å². The normalized spacial score (nSPS) is 12.5. The molecular formula is C26H18N4Na2O12S4+2. The van der Waals surface area contributed by atoms with Gasteiger partial charge in [0.05, 0.1) is 22.1 Å². The van der Waals surface area contributed by atoms with E-state index >= 15 is 0 Å². The number of rotatable bonds is 7. The number of imidazole rings is 2. The Morgan fingerprint density at radius 2 is 0.729 bits per heavy atom. The molecule has 2 aromatic heterocycles. The maximum atomic E-state index is 12.8. The Hall–Kier alpha value is -2.54. The fourth-order valence-electron chi connectivity index (χ4n) is 4.94. The quantitative estimate of drug-likeness (QED) is 0.0723. The molecule has 0 aliphatic heterocycles. The van der Waals surface area contributed by atoms with Crippen LogP contribution in [0.25, 0.3) is 56.0 Å². The number of hydrogen-bond donors (Lipinski definition) is 6. The molecule has 0 saturated heterocycles. The second-order valence-corrected chi connectivity index (χ2v) is 15.4. The van der Waals surface area contributed by atoms with Gasteiger partial charge in [-0.15, -0.1) is 0 Å². The molecule has 0 aliphatic carbocycles. The van der Waals surface area contributed by atoms with E-state index in [0.717, 1.165) is 0 Å². The average Bonchev–Trinajstić information content (AvgIpc) is 3.58. The predicted molar refractivity (Wildman–Crippen MR) is 161 cm³/mol. The van der Waals surface area contributed by atoms with Crippen molar-refractivity contribution in [2.45, 2.75) is 19.6 Å². The van der Waals surface area contributed by atoms with Gasteiger partial charge < -0.3 is 9.97 Å². The summed E-state index contributed by atoms with van der Waals surface area (Å²) in [7, 11) is -22.5. The van der Waals surface area contributed by atoms with E-state index in [4.69, 9.17) is 0 Å². The molecule has 4 aromatic carbocycles. The fourth-order valence-corrected chi connectivity index (χ4v) is 8.05. The number of benzene rings is 4. The molecule has 0 aliphatic rings. The van der Waals surface area contributed by atoms with Crippen molar-refractivity contribution in [1.82, 2.24) is 19.9 Å². The van der Waals surface area contributed by atoms with Crippen molar-refractivity contribution < 1.29 is 111 Å². The Labute approximate surface area is 316 Å². The molecule has 6 N–H and O–H groups in total. The van der Waals surface area contributed by atoms with E-state index in [-0.39, 0.29) is 81.9 Å². The number of hydrogen-bond acceptors (Lipinski definition) is 10. The van der Waals surface area contributed by atoms with Crippen LogP contribution in [-0.2, 0) is 40.5 Å². The Balaban J connectivity index is 0.00000260. The van der Waals surface area contributed by atoms with Crippen LogP contribution in [0.4, 0.5) is 0 Å². The summed E-state index contributed by atoms with van der Waals surface area (Å²) in [6.45, 7) is 0. The summed E-state index contributed by atoms with van der Waals surface area (Å²) in [5.41, 5.74) is -2.05. The number of nitrogens with zero attached hydrogens (tertiary/aromatic N) is 2. The van der Waals surface area contributed by atoms with Crippen molar-refractivity contribution in [3.05, 3.63) is 72.8 Å². The van der Waals surface area contributed by atoms with Gasteiger partial charge in [0, 0.05) is 22.3 Å². The molecule has 0 unspecified atom stereocenters. The summed E-state index contributed by atoms with van der Waals surface area (Å²) in [6.07, 6.45) is 0. The fraction of sp³-hybridized carbons (Fsp3) is 0.